The Kier molecular flexibility index (Phi) is 2.83. The number of ether oxygens (including phenoxy) is 1. The lowest BCUT2D eigenvalue weighted by molar-refractivity contribution is 0.113. The molecule has 4 heteroatoms. The minimum absolute atomic E-state index is 0.00807. The summed E-state index contributed by atoms with van der Waals surface area (Å²) in [5.41, 5.74) is 5.30. The maximum atomic E-state index is 7.22. The molecule has 0 amide bonds. The van der Waals surface area contributed by atoms with Crippen LogP contribution in [0.3, 0.4) is 0 Å². The molecule has 4 nitrogen and oxygen atoms in total. The van der Waals surface area contributed by atoms with Crippen molar-refractivity contribution in [1.82, 2.24) is 0 Å². The van der Waals surface area contributed by atoms with Crippen LogP contribution >= 0.6 is 0 Å². The van der Waals surface area contributed by atoms with Crippen LogP contribution in [0.15, 0.2) is 4.99 Å². The van der Waals surface area contributed by atoms with Gasteiger partial charge < -0.3 is 15.9 Å². The third-order valence-corrected chi connectivity index (χ3v) is 2.16. The van der Waals surface area contributed by atoms with Gasteiger partial charge in [0.15, 0.2) is 0 Å². The fourth-order valence-corrected chi connectivity index (χ4v) is 1.09. The summed E-state index contributed by atoms with van der Waals surface area (Å²) in [5, 5.41) is 7.22. The molecular formula is C10H19N3O. The monoisotopic (exact) mass is 197 g/mol. The van der Waals surface area contributed by atoms with E-state index in [1.54, 1.807) is 0 Å². The Balaban J connectivity index is 2.41. The van der Waals surface area contributed by atoms with E-state index in [2.05, 4.69) is 4.99 Å². The summed E-state index contributed by atoms with van der Waals surface area (Å²) in [6, 6.07) is 0.227. The molecule has 1 fully saturated rings. The van der Waals surface area contributed by atoms with Crippen molar-refractivity contribution in [3.63, 3.8) is 0 Å². The van der Waals surface area contributed by atoms with E-state index in [4.69, 9.17) is 15.9 Å². The van der Waals surface area contributed by atoms with Crippen molar-refractivity contribution in [2.75, 3.05) is 6.54 Å². The average Bonchev–Trinajstić information content (AvgIpc) is 2.78. The fourth-order valence-electron chi connectivity index (χ4n) is 1.09. The number of nitrogens with one attached hydrogen (secondary N) is 1. The van der Waals surface area contributed by atoms with E-state index in [0.717, 1.165) is 12.8 Å². The molecule has 0 radical (unpaired) electrons. The number of nitrogens with zero attached hydrogens (tertiary/aromatic N) is 1. The molecular weight excluding hydrogens is 178 g/mol. The van der Waals surface area contributed by atoms with Crippen molar-refractivity contribution in [2.24, 2.45) is 16.1 Å². The van der Waals surface area contributed by atoms with Gasteiger partial charge in [-0.25, -0.2) is 4.99 Å². The van der Waals surface area contributed by atoms with Crippen molar-refractivity contribution in [2.45, 2.75) is 39.2 Å². The lowest BCUT2D eigenvalue weighted by Crippen LogP contribution is -2.30. The lowest BCUT2D eigenvalue weighted by atomic mass is 10.1. The first-order chi connectivity index (χ1) is 6.37. The summed E-state index contributed by atoms with van der Waals surface area (Å²) in [6.07, 6.45) is 3.56. The second-order valence-electron chi connectivity index (χ2n) is 4.88. The first-order valence-electron chi connectivity index (χ1n) is 4.87. The number of aliphatic imine (C=N–C) groups is 1. The molecule has 0 aliphatic heterocycles. The van der Waals surface area contributed by atoms with Gasteiger partial charge in [0.05, 0.1) is 6.54 Å². The maximum absolute atomic E-state index is 7.22. The van der Waals surface area contributed by atoms with Gasteiger partial charge in [0.1, 0.15) is 5.60 Å². The van der Waals surface area contributed by atoms with E-state index in [1.165, 1.54) is 6.21 Å². The Hall–Kier alpha value is -1.06. The van der Waals surface area contributed by atoms with Crippen LogP contribution in [0.25, 0.3) is 0 Å². The van der Waals surface area contributed by atoms with Crippen LogP contribution in [0.1, 0.15) is 33.6 Å². The second kappa shape index (κ2) is 3.59. The Morgan fingerprint density at radius 1 is 1.57 bits per heavy atom. The van der Waals surface area contributed by atoms with Crippen LogP contribution in [0.5, 0.6) is 0 Å². The summed E-state index contributed by atoms with van der Waals surface area (Å²) in [4.78, 5) is 4.14. The summed E-state index contributed by atoms with van der Waals surface area (Å²) >= 11 is 0. The van der Waals surface area contributed by atoms with Gasteiger partial charge in [0.2, 0.25) is 0 Å². The molecule has 1 aliphatic rings. The lowest BCUT2D eigenvalue weighted by Gasteiger charge is -2.20. The first kappa shape index (κ1) is 11.0. The molecule has 0 aromatic carbocycles. The second-order valence-corrected chi connectivity index (χ2v) is 4.88. The Labute approximate surface area is 85.1 Å². The molecule has 3 N–H and O–H groups in total. The highest BCUT2D eigenvalue weighted by Crippen LogP contribution is 2.43. The Bertz CT molecular complexity index is 249. The zero-order valence-electron chi connectivity index (χ0n) is 9.13. The van der Waals surface area contributed by atoms with E-state index < -0.39 is 0 Å². The molecule has 0 atom stereocenters. The third kappa shape index (κ3) is 3.36. The zero-order chi connectivity index (χ0) is 10.8. The van der Waals surface area contributed by atoms with E-state index >= 15 is 0 Å². The molecule has 14 heavy (non-hydrogen) atoms. The van der Waals surface area contributed by atoms with Gasteiger partial charge >= 0.3 is 0 Å². The zero-order valence-corrected chi connectivity index (χ0v) is 9.13. The van der Waals surface area contributed by atoms with Crippen molar-refractivity contribution in [3.8, 4) is 0 Å². The number of amidine groups is 1. The highest BCUT2D eigenvalue weighted by atomic mass is 16.5. The molecule has 0 aromatic heterocycles. The van der Waals surface area contributed by atoms with Crippen LogP contribution < -0.4 is 5.73 Å². The maximum Gasteiger partial charge on any atom is 0.282 e. The van der Waals surface area contributed by atoms with Gasteiger partial charge in [0, 0.05) is 11.6 Å². The highest BCUT2D eigenvalue weighted by molar-refractivity contribution is 5.73. The Morgan fingerprint density at radius 3 is 2.50 bits per heavy atom. The predicted octanol–water partition coefficient (Wildman–Crippen LogP) is 1.55. The van der Waals surface area contributed by atoms with Gasteiger partial charge in [-0.1, -0.05) is 0 Å². The van der Waals surface area contributed by atoms with Gasteiger partial charge in [-0.05, 0) is 33.6 Å². The number of rotatable bonds is 3. The largest absolute Gasteiger partial charge is 0.460 e. The smallest absolute Gasteiger partial charge is 0.282 e. The summed E-state index contributed by atoms with van der Waals surface area (Å²) in [5.74, 6) is 0. The van der Waals surface area contributed by atoms with Crippen LogP contribution in [0.4, 0.5) is 0 Å². The summed E-state index contributed by atoms with van der Waals surface area (Å²) in [6.45, 7) is 6.37. The fraction of sp³-hybridized carbons (Fsp3) is 0.800. The predicted molar refractivity (Wildman–Crippen MR) is 57.8 cm³/mol. The standard InChI is InChI=1S/C10H19N3O/c1-9(2,3)14-8(12)13-7-10(6-11)4-5-10/h6,11H,4-5,7H2,1-3H3,(H2,12,13). The molecule has 0 unspecified atom stereocenters. The SMILES string of the molecule is CC(C)(C)OC(N)=NCC1(C=N)CC1. The molecule has 0 bridgehead atoms. The van der Waals surface area contributed by atoms with Crippen molar-refractivity contribution < 1.29 is 4.74 Å². The minimum atomic E-state index is -0.297. The van der Waals surface area contributed by atoms with Gasteiger partial charge in [-0.15, -0.1) is 0 Å². The van der Waals surface area contributed by atoms with Crippen LogP contribution in [-0.2, 0) is 4.74 Å². The first-order valence-corrected chi connectivity index (χ1v) is 4.87. The van der Waals surface area contributed by atoms with Crippen LogP contribution in [-0.4, -0.2) is 24.4 Å². The number of hydrogen-bond donors (Lipinski definition) is 2. The molecule has 1 saturated carbocycles. The van der Waals surface area contributed by atoms with Crippen molar-refractivity contribution in [3.05, 3.63) is 0 Å². The van der Waals surface area contributed by atoms with E-state index in [9.17, 15) is 0 Å². The highest BCUT2D eigenvalue weighted by Gasteiger charge is 2.40. The van der Waals surface area contributed by atoms with Crippen LogP contribution in [0, 0.1) is 10.8 Å². The molecule has 1 aliphatic carbocycles. The molecule has 0 aromatic rings. The summed E-state index contributed by atoms with van der Waals surface area (Å²) < 4.78 is 5.36. The van der Waals surface area contributed by atoms with Gasteiger partial charge in [-0.3, -0.25) is 0 Å². The third-order valence-electron chi connectivity index (χ3n) is 2.16. The van der Waals surface area contributed by atoms with Crippen molar-refractivity contribution >= 4 is 12.2 Å². The molecule has 80 valence electrons. The molecule has 1 rings (SSSR count). The molecule has 0 saturated heterocycles. The number of hydrogen-bond acceptors (Lipinski definition) is 3. The average molecular weight is 197 g/mol. The van der Waals surface area contributed by atoms with E-state index in [0.29, 0.717) is 6.54 Å². The molecule has 0 spiro atoms. The molecule has 0 heterocycles. The quantitative estimate of drug-likeness (QED) is 0.532. The normalized spacial score (nSPS) is 20.4. The Morgan fingerprint density at radius 2 is 2.14 bits per heavy atom. The van der Waals surface area contributed by atoms with Gasteiger partial charge in [0.25, 0.3) is 6.02 Å². The minimum Gasteiger partial charge on any atom is -0.460 e. The van der Waals surface area contributed by atoms with E-state index in [-0.39, 0.29) is 17.0 Å². The van der Waals surface area contributed by atoms with Gasteiger partial charge in [-0.2, -0.15) is 0 Å². The topological polar surface area (TPSA) is 71.5 Å². The number of nitrogens with two attached hydrogens (primary N) is 1. The van der Waals surface area contributed by atoms with Crippen molar-refractivity contribution in [1.29, 1.82) is 5.41 Å². The van der Waals surface area contributed by atoms with Crippen LogP contribution in [0.2, 0.25) is 0 Å². The van der Waals surface area contributed by atoms with E-state index in [1.807, 2.05) is 20.8 Å². The summed E-state index contributed by atoms with van der Waals surface area (Å²) in [7, 11) is 0.